The lowest BCUT2D eigenvalue weighted by Crippen LogP contribution is -2.09. The van der Waals surface area contributed by atoms with Crippen molar-refractivity contribution in [3.63, 3.8) is 0 Å². The second kappa shape index (κ2) is 10.6. The predicted octanol–water partition coefficient (Wildman–Crippen LogP) is 6.51. The van der Waals surface area contributed by atoms with Crippen molar-refractivity contribution in [3.8, 4) is 11.5 Å². The Morgan fingerprint density at radius 3 is 1.83 bits per heavy atom. The van der Waals surface area contributed by atoms with Crippen LogP contribution in [0.15, 0.2) is 60.7 Å². The van der Waals surface area contributed by atoms with Gasteiger partial charge in [0, 0.05) is 0 Å². The van der Waals surface area contributed by atoms with Crippen LogP contribution in [-0.2, 0) is 0 Å². The fraction of sp³-hybridized carbons (Fsp3) is 0.308. The first-order valence-corrected chi connectivity index (χ1v) is 10.2. The van der Waals surface area contributed by atoms with E-state index in [0.29, 0.717) is 22.6 Å². The number of fused-ring (bicyclic) bond motifs is 1. The Morgan fingerprint density at radius 1 is 0.667 bits per heavy atom. The number of benzene rings is 3. The highest BCUT2D eigenvalue weighted by Crippen LogP contribution is 2.29. The van der Waals surface area contributed by atoms with Crippen LogP contribution in [-0.4, -0.2) is 23.8 Å². The highest BCUT2D eigenvalue weighted by molar-refractivity contribution is 6.09. The summed E-state index contributed by atoms with van der Waals surface area (Å²) in [6.45, 7) is 10.9. The number of hydrogen-bond acceptors (Lipinski definition) is 4. The van der Waals surface area contributed by atoms with Gasteiger partial charge in [-0.25, -0.2) is 0 Å². The second-order valence-corrected chi connectivity index (χ2v) is 7.60. The summed E-state index contributed by atoms with van der Waals surface area (Å²) in [5.74, 6) is 1.42. The van der Waals surface area contributed by atoms with Gasteiger partial charge in [0.15, 0.2) is 11.6 Å². The van der Waals surface area contributed by atoms with E-state index in [-0.39, 0.29) is 23.8 Å². The van der Waals surface area contributed by atoms with Crippen molar-refractivity contribution in [2.75, 3.05) is 0 Å². The summed E-state index contributed by atoms with van der Waals surface area (Å²) in [4.78, 5) is 22.9. The molecule has 30 heavy (non-hydrogen) atoms. The Hall–Kier alpha value is -3.14. The molecule has 0 saturated carbocycles. The van der Waals surface area contributed by atoms with E-state index in [0.717, 1.165) is 10.8 Å². The predicted molar refractivity (Wildman–Crippen MR) is 122 cm³/mol. The van der Waals surface area contributed by atoms with E-state index in [1.54, 1.807) is 19.9 Å². The highest BCUT2D eigenvalue weighted by atomic mass is 16.5. The third-order valence-corrected chi connectivity index (χ3v) is 4.23. The Kier molecular flexibility index (Phi) is 8.16. The number of ketones is 2. The first-order chi connectivity index (χ1) is 14.2. The van der Waals surface area contributed by atoms with Crippen LogP contribution in [0.2, 0.25) is 0 Å². The number of ether oxygens (including phenoxy) is 2. The molecule has 0 N–H and O–H groups in total. The molecule has 3 aromatic carbocycles. The molecule has 0 spiro atoms. The van der Waals surface area contributed by atoms with Gasteiger partial charge < -0.3 is 9.47 Å². The molecule has 0 aliphatic heterocycles. The van der Waals surface area contributed by atoms with E-state index in [9.17, 15) is 9.59 Å². The monoisotopic (exact) mass is 406 g/mol. The number of rotatable bonds is 6. The molecule has 0 unspecified atom stereocenters. The van der Waals surface area contributed by atoms with Crippen LogP contribution in [0.1, 0.15) is 62.3 Å². The van der Waals surface area contributed by atoms with Gasteiger partial charge in [0.25, 0.3) is 0 Å². The molecule has 0 saturated heterocycles. The van der Waals surface area contributed by atoms with Gasteiger partial charge in [0.1, 0.15) is 11.5 Å². The van der Waals surface area contributed by atoms with Crippen molar-refractivity contribution in [2.24, 2.45) is 0 Å². The van der Waals surface area contributed by atoms with Gasteiger partial charge in [-0.3, -0.25) is 9.59 Å². The summed E-state index contributed by atoms with van der Waals surface area (Å²) >= 11 is 0. The van der Waals surface area contributed by atoms with E-state index < -0.39 is 0 Å². The van der Waals surface area contributed by atoms with E-state index in [1.165, 1.54) is 0 Å². The average Bonchev–Trinajstić information content (AvgIpc) is 2.67. The molecule has 4 heteroatoms. The second-order valence-electron chi connectivity index (χ2n) is 7.60. The molecule has 0 amide bonds. The van der Waals surface area contributed by atoms with Gasteiger partial charge in [-0.1, -0.05) is 42.5 Å². The molecule has 0 heterocycles. The SMILES string of the molecule is CC(=O)c1c(OC(C)C)ccc2ccccc12.CC(=O)c1ccccc1OC(C)C. The summed E-state index contributed by atoms with van der Waals surface area (Å²) in [6.07, 6.45) is 0.162. The van der Waals surface area contributed by atoms with E-state index in [2.05, 4.69) is 0 Å². The van der Waals surface area contributed by atoms with Crippen molar-refractivity contribution in [1.82, 2.24) is 0 Å². The van der Waals surface area contributed by atoms with Crippen LogP contribution in [0.3, 0.4) is 0 Å². The lowest BCUT2D eigenvalue weighted by Gasteiger charge is -2.14. The molecule has 4 nitrogen and oxygen atoms in total. The largest absolute Gasteiger partial charge is 0.490 e. The zero-order chi connectivity index (χ0) is 22.3. The minimum Gasteiger partial charge on any atom is -0.490 e. The standard InChI is InChI=1S/C15H16O2.C11H14O2/c1-10(2)17-14-9-8-12-6-4-5-7-13(12)15(14)11(3)16;1-8(2)13-11-7-5-4-6-10(11)9(3)12/h4-10H,1-3H3;4-8H,1-3H3. The molecular weight excluding hydrogens is 376 g/mol. The average molecular weight is 407 g/mol. The minimum atomic E-state index is 0.0382. The lowest BCUT2D eigenvalue weighted by atomic mass is 10.0. The zero-order valence-corrected chi connectivity index (χ0v) is 18.6. The third kappa shape index (κ3) is 6.18. The maximum atomic E-state index is 11.8. The van der Waals surface area contributed by atoms with E-state index in [1.807, 2.05) is 82.3 Å². The number of carbonyl (C=O) groups excluding carboxylic acids is 2. The van der Waals surface area contributed by atoms with Gasteiger partial charge in [-0.05, 0) is 70.5 Å². The molecule has 3 rings (SSSR count). The fourth-order valence-electron chi connectivity index (χ4n) is 3.08. The Balaban J connectivity index is 0.000000222. The van der Waals surface area contributed by atoms with Crippen molar-refractivity contribution >= 4 is 22.3 Å². The van der Waals surface area contributed by atoms with Crippen molar-refractivity contribution in [3.05, 3.63) is 71.8 Å². The van der Waals surface area contributed by atoms with Gasteiger partial charge in [-0.15, -0.1) is 0 Å². The molecule has 0 aromatic heterocycles. The Labute approximate surface area is 178 Å². The summed E-state index contributed by atoms with van der Waals surface area (Å²) < 4.78 is 11.2. The molecular formula is C26H30O4. The number of hydrogen-bond donors (Lipinski definition) is 0. The van der Waals surface area contributed by atoms with Crippen LogP contribution in [0.4, 0.5) is 0 Å². The van der Waals surface area contributed by atoms with Crippen LogP contribution in [0, 0.1) is 0 Å². The topological polar surface area (TPSA) is 52.6 Å². The first-order valence-electron chi connectivity index (χ1n) is 10.2. The van der Waals surface area contributed by atoms with E-state index >= 15 is 0 Å². The van der Waals surface area contributed by atoms with Gasteiger partial charge in [0.2, 0.25) is 0 Å². The fourth-order valence-corrected chi connectivity index (χ4v) is 3.08. The van der Waals surface area contributed by atoms with Gasteiger partial charge in [-0.2, -0.15) is 0 Å². The smallest absolute Gasteiger partial charge is 0.164 e. The minimum absolute atomic E-state index is 0.0382. The molecule has 0 radical (unpaired) electrons. The van der Waals surface area contributed by atoms with Crippen LogP contribution in [0.25, 0.3) is 10.8 Å². The van der Waals surface area contributed by atoms with Gasteiger partial charge >= 0.3 is 0 Å². The van der Waals surface area contributed by atoms with Crippen molar-refractivity contribution in [2.45, 2.75) is 53.8 Å². The van der Waals surface area contributed by atoms with Crippen molar-refractivity contribution in [1.29, 1.82) is 0 Å². The third-order valence-electron chi connectivity index (χ3n) is 4.23. The molecule has 0 bridgehead atoms. The number of Topliss-reactive ketones (excluding diaryl/α,β-unsaturated/α-hetero) is 2. The molecule has 3 aromatic rings. The zero-order valence-electron chi connectivity index (χ0n) is 18.6. The molecule has 0 fully saturated rings. The maximum Gasteiger partial charge on any atom is 0.164 e. The normalized spacial score (nSPS) is 10.5. The van der Waals surface area contributed by atoms with Gasteiger partial charge in [0.05, 0.1) is 23.3 Å². The first kappa shape index (κ1) is 23.1. The Bertz CT molecular complexity index is 1020. The van der Waals surface area contributed by atoms with Crippen molar-refractivity contribution < 1.29 is 19.1 Å². The van der Waals surface area contributed by atoms with Crippen LogP contribution < -0.4 is 9.47 Å². The molecule has 0 atom stereocenters. The van der Waals surface area contributed by atoms with E-state index in [4.69, 9.17) is 9.47 Å². The Morgan fingerprint density at radius 2 is 1.23 bits per heavy atom. The van der Waals surface area contributed by atoms with Crippen LogP contribution in [0.5, 0.6) is 11.5 Å². The maximum absolute atomic E-state index is 11.8. The lowest BCUT2D eigenvalue weighted by molar-refractivity contribution is 0.0999. The quantitative estimate of drug-likeness (QED) is 0.438. The summed E-state index contributed by atoms with van der Waals surface area (Å²) in [5, 5.41) is 2.02. The molecule has 0 aliphatic carbocycles. The highest BCUT2D eigenvalue weighted by Gasteiger charge is 2.13. The number of para-hydroxylation sites is 1. The summed E-state index contributed by atoms with van der Waals surface area (Å²) in [7, 11) is 0. The molecule has 158 valence electrons. The summed E-state index contributed by atoms with van der Waals surface area (Å²) in [6, 6.07) is 19.0. The summed E-state index contributed by atoms with van der Waals surface area (Å²) in [5.41, 5.74) is 1.33. The molecule has 0 aliphatic rings. The number of carbonyl (C=O) groups is 2. The van der Waals surface area contributed by atoms with Crippen LogP contribution >= 0.6 is 0 Å².